The van der Waals surface area contributed by atoms with Crippen LogP contribution in [0.25, 0.3) is 0 Å². The molecule has 0 unspecified atom stereocenters. The number of amides is 2. The maximum Gasteiger partial charge on any atom is 0.319 e. The Bertz CT molecular complexity index is 757. The number of sulfone groups is 1. The lowest BCUT2D eigenvalue weighted by Crippen LogP contribution is -2.28. The van der Waals surface area contributed by atoms with Gasteiger partial charge in [0.2, 0.25) is 0 Å². The third kappa shape index (κ3) is 4.88. The average molecular weight is 326 g/mol. The van der Waals surface area contributed by atoms with Gasteiger partial charge in [-0.05, 0) is 24.3 Å². The van der Waals surface area contributed by atoms with Crippen LogP contribution in [-0.4, -0.2) is 20.7 Å². The van der Waals surface area contributed by atoms with Gasteiger partial charge in [-0.25, -0.2) is 17.6 Å². The van der Waals surface area contributed by atoms with Crippen LogP contribution >= 0.6 is 0 Å². The molecule has 2 rings (SSSR count). The summed E-state index contributed by atoms with van der Waals surface area (Å²) in [6.45, 7) is 0.202. The maximum absolute atomic E-state index is 13.8. The van der Waals surface area contributed by atoms with Crippen LogP contribution in [-0.2, 0) is 22.1 Å². The molecule has 0 radical (unpaired) electrons. The average Bonchev–Trinajstić information content (AvgIpc) is 2.91. The number of nitrogens with one attached hydrogen (secondary N) is 2. The second-order valence-corrected chi connectivity index (χ2v) is 6.90. The van der Waals surface area contributed by atoms with E-state index in [0.29, 0.717) is 5.76 Å². The molecule has 0 aliphatic rings. The highest BCUT2D eigenvalue weighted by Gasteiger charge is 2.11. The zero-order chi connectivity index (χ0) is 16.2. The minimum Gasteiger partial charge on any atom is -0.467 e. The number of urea groups is 1. The molecule has 0 fully saturated rings. The summed E-state index contributed by atoms with van der Waals surface area (Å²) in [5, 5.41) is 5.00. The Hall–Kier alpha value is -2.35. The van der Waals surface area contributed by atoms with Crippen molar-refractivity contribution >= 4 is 21.6 Å². The summed E-state index contributed by atoms with van der Waals surface area (Å²) in [6.07, 6.45) is 2.52. The lowest BCUT2D eigenvalue weighted by atomic mass is 10.2. The van der Waals surface area contributed by atoms with Crippen LogP contribution in [0.3, 0.4) is 0 Å². The van der Waals surface area contributed by atoms with Crippen LogP contribution in [0.1, 0.15) is 11.3 Å². The molecule has 2 aromatic rings. The van der Waals surface area contributed by atoms with Crippen LogP contribution in [0.2, 0.25) is 0 Å². The molecule has 22 heavy (non-hydrogen) atoms. The first-order valence-electron chi connectivity index (χ1n) is 6.37. The van der Waals surface area contributed by atoms with Crippen molar-refractivity contribution in [3.8, 4) is 0 Å². The Labute approximate surface area is 127 Å². The first-order valence-corrected chi connectivity index (χ1v) is 8.43. The third-order valence-corrected chi connectivity index (χ3v) is 3.57. The Kier molecular flexibility index (Phi) is 4.81. The van der Waals surface area contributed by atoms with Crippen LogP contribution in [0.5, 0.6) is 0 Å². The topological polar surface area (TPSA) is 88.4 Å². The van der Waals surface area contributed by atoms with E-state index in [1.807, 2.05) is 0 Å². The molecule has 0 bridgehead atoms. The van der Waals surface area contributed by atoms with Crippen molar-refractivity contribution in [3.63, 3.8) is 0 Å². The minimum atomic E-state index is -3.32. The second-order valence-electron chi connectivity index (χ2n) is 4.76. The number of rotatable bonds is 5. The largest absolute Gasteiger partial charge is 0.467 e. The van der Waals surface area contributed by atoms with Gasteiger partial charge in [0.05, 0.1) is 18.6 Å². The molecule has 2 amide bonds. The van der Waals surface area contributed by atoms with E-state index in [-0.39, 0.29) is 23.5 Å². The van der Waals surface area contributed by atoms with Gasteiger partial charge in [0, 0.05) is 17.5 Å². The summed E-state index contributed by atoms with van der Waals surface area (Å²) in [5.41, 5.74) is 0.288. The van der Waals surface area contributed by atoms with Crippen molar-refractivity contribution < 1.29 is 22.0 Å². The number of carbonyl (C=O) groups is 1. The van der Waals surface area contributed by atoms with E-state index < -0.39 is 21.7 Å². The molecule has 2 N–H and O–H groups in total. The molecule has 0 atom stereocenters. The van der Waals surface area contributed by atoms with Gasteiger partial charge in [0.25, 0.3) is 0 Å². The van der Waals surface area contributed by atoms with E-state index in [2.05, 4.69) is 10.6 Å². The van der Waals surface area contributed by atoms with Crippen molar-refractivity contribution in [1.29, 1.82) is 0 Å². The van der Waals surface area contributed by atoms with Crippen LogP contribution in [0.15, 0.2) is 41.0 Å². The van der Waals surface area contributed by atoms with Crippen molar-refractivity contribution in [1.82, 2.24) is 5.32 Å². The van der Waals surface area contributed by atoms with Crippen molar-refractivity contribution in [2.24, 2.45) is 0 Å². The van der Waals surface area contributed by atoms with Crippen LogP contribution in [0.4, 0.5) is 14.9 Å². The number of anilines is 1. The van der Waals surface area contributed by atoms with E-state index >= 15 is 0 Å². The number of hydrogen-bond acceptors (Lipinski definition) is 4. The standard InChI is InChI=1S/C14H15FN2O4S/c1-22(19,20)9-10-4-5-11(7-13(10)15)17-14(18)16-8-12-3-2-6-21-12/h2-7H,8-9H2,1H3,(H2,16,17,18). The number of carbonyl (C=O) groups excluding carboxylic acids is 1. The smallest absolute Gasteiger partial charge is 0.319 e. The lowest BCUT2D eigenvalue weighted by Gasteiger charge is -2.08. The van der Waals surface area contributed by atoms with Crippen molar-refractivity contribution in [2.45, 2.75) is 12.3 Å². The van der Waals surface area contributed by atoms with E-state index in [9.17, 15) is 17.6 Å². The zero-order valence-corrected chi connectivity index (χ0v) is 12.6. The number of hydrogen-bond donors (Lipinski definition) is 2. The number of halogens is 1. The molecule has 0 aliphatic heterocycles. The summed E-state index contributed by atoms with van der Waals surface area (Å²) in [5.74, 6) is -0.483. The van der Waals surface area contributed by atoms with Crippen molar-refractivity contribution in [3.05, 3.63) is 53.7 Å². The molecule has 6 nitrogen and oxygen atoms in total. The summed E-state index contributed by atoms with van der Waals surface area (Å²) in [7, 11) is -3.32. The van der Waals surface area contributed by atoms with Gasteiger partial charge in [0.15, 0.2) is 9.84 Å². The second kappa shape index (κ2) is 6.61. The van der Waals surface area contributed by atoms with Gasteiger partial charge in [0.1, 0.15) is 11.6 Å². The molecule has 1 aromatic heterocycles. The summed E-state index contributed by atoms with van der Waals surface area (Å²) in [4.78, 5) is 11.7. The van der Waals surface area contributed by atoms with Gasteiger partial charge in [-0.1, -0.05) is 6.07 Å². The van der Waals surface area contributed by atoms with Crippen molar-refractivity contribution in [2.75, 3.05) is 11.6 Å². The Morgan fingerprint density at radius 3 is 2.68 bits per heavy atom. The molecular weight excluding hydrogens is 311 g/mol. The fourth-order valence-corrected chi connectivity index (χ4v) is 2.58. The molecule has 0 saturated heterocycles. The van der Waals surface area contributed by atoms with Gasteiger partial charge < -0.3 is 15.1 Å². The fourth-order valence-electron chi connectivity index (χ4n) is 1.78. The van der Waals surface area contributed by atoms with Crippen LogP contribution in [0, 0.1) is 5.82 Å². The molecular formula is C14H15FN2O4S. The van der Waals surface area contributed by atoms with Gasteiger partial charge in [-0.3, -0.25) is 0 Å². The van der Waals surface area contributed by atoms with E-state index in [0.717, 1.165) is 12.3 Å². The third-order valence-electron chi connectivity index (χ3n) is 2.73. The molecule has 118 valence electrons. The highest BCUT2D eigenvalue weighted by molar-refractivity contribution is 7.89. The molecule has 8 heteroatoms. The SMILES string of the molecule is CS(=O)(=O)Cc1ccc(NC(=O)NCc2ccco2)cc1F. The predicted octanol–water partition coefficient (Wildman–Crippen LogP) is 2.29. The van der Waals surface area contributed by atoms with E-state index in [1.165, 1.54) is 18.4 Å². The van der Waals surface area contributed by atoms with Gasteiger partial charge in [-0.15, -0.1) is 0 Å². The molecule has 0 aliphatic carbocycles. The summed E-state index contributed by atoms with van der Waals surface area (Å²) in [6, 6.07) is 6.73. The molecule has 1 aromatic carbocycles. The first-order chi connectivity index (χ1) is 10.3. The van der Waals surface area contributed by atoms with Crippen LogP contribution < -0.4 is 10.6 Å². The molecule has 1 heterocycles. The Morgan fingerprint density at radius 2 is 2.09 bits per heavy atom. The monoisotopic (exact) mass is 326 g/mol. The predicted molar refractivity (Wildman–Crippen MR) is 79.5 cm³/mol. The maximum atomic E-state index is 13.8. The Balaban J connectivity index is 1.95. The zero-order valence-electron chi connectivity index (χ0n) is 11.8. The number of benzene rings is 1. The van der Waals surface area contributed by atoms with E-state index in [4.69, 9.17) is 4.42 Å². The van der Waals surface area contributed by atoms with E-state index in [1.54, 1.807) is 12.1 Å². The number of furan rings is 1. The fraction of sp³-hybridized carbons (Fsp3) is 0.214. The highest BCUT2D eigenvalue weighted by Crippen LogP contribution is 2.16. The Morgan fingerprint density at radius 1 is 1.32 bits per heavy atom. The van der Waals surface area contributed by atoms with Gasteiger partial charge in [-0.2, -0.15) is 0 Å². The normalized spacial score (nSPS) is 11.2. The summed E-state index contributed by atoms with van der Waals surface area (Å²) < 4.78 is 41.2. The summed E-state index contributed by atoms with van der Waals surface area (Å²) >= 11 is 0. The van der Waals surface area contributed by atoms with Gasteiger partial charge >= 0.3 is 6.03 Å². The molecule has 0 spiro atoms. The highest BCUT2D eigenvalue weighted by atomic mass is 32.2. The first kappa shape index (κ1) is 16.0. The quantitative estimate of drug-likeness (QED) is 0.882. The lowest BCUT2D eigenvalue weighted by molar-refractivity contribution is 0.251. The molecule has 0 saturated carbocycles. The minimum absolute atomic E-state index is 0.0593.